The number of ether oxygens (including phenoxy) is 5. The Kier molecular flexibility index (Phi) is 5.33. The number of methoxy groups -OCH3 is 2. The number of hydrogen-bond donors (Lipinski definition) is 0. The van der Waals surface area contributed by atoms with Crippen molar-refractivity contribution < 1.29 is 28.5 Å². The van der Waals surface area contributed by atoms with Crippen LogP contribution in [-0.4, -0.2) is 50.1 Å². The summed E-state index contributed by atoms with van der Waals surface area (Å²) in [5.41, 5.74) is -0.653. The van der Waals surface area contributed by atoms with Gasteiger partial charge >= 0.3 is 5.97 Å². The van der Waals surface area contributed by atoms with Crippen molar-refractivity contribution in [2.45, 2.75) is 109 Å². The SMILES string of the molecule is COC1CC2(CCC3(CCCC4C(C)(C)C(OC(C)=O)CCC43C)O2)C(OC)O1. The van der Waals surface area contributed by atoms with E-state index in [0.29, 0.717) is 12.3 Å². The number of carbonyl (C=O) groups is 1. The molecule has 2 saturated carbocycles. The fraction of sp³-hybridized carbons (Fsp3) is 0.957. The average Bonchev–Trinajstić information content (AvgIpc) is 3.21. The fourth-order valence-corrected chi connectivity index (χ4v) is 7.44. The lowest BCUT2D eigenvalue weighted by Gasteiger charge is -2.63. The molecule has 2 aliphatic heterocycles. The van der Waals surface area contributed by atoms with E-state index in [1.807, 2.05) is 0 Å². The second-order valence-electron chi connectivity index (χ2n) is 10.6. The van der Waals surface area contributed by atoms with E-state index in [-0.39, 0.29) is 41.1 Å². The Hall–Kier alpha value is -0.690. The van der Waals surface area contributed by atoms with Crippen LogP contribution in [0.4, 0.5) is 0 Å². The van der Waals surface area contributed by atoms with Crippen molar-refractivity contribution in [3.8, 4) is 0 Å². The molecule has 6 heteroatoms. The van der Waals surface area contributed by atoms with Crippen LogP contribution < -0.4 is 0 Å². The summed E-state index contributed by atoms with van der Waals surface area (Å²) in [6.45, 7) is 8.51. The summed E-state index contributed by atoms with van der Waals surface area (Å²) >= 11 is 0. The molecule has 0 aromatic rings. The average molecular weight is 411 g/mol. The molecule has 0 radical (unpaired) electrons. The van der Waals surface area contributed by atoms with Crippen LogP contribution in [-0.2, 0) is 28.5 Å². The van der Waals surface area contributed by atoms with E-state index < -0.39 is 5.60 Å². The molecular weight excluding hydrogens is 372 g/mol. The second-order valence-corrected chi connectivity index (χ2v) is 10.6. The van der Waals surface area contributed by atoms with Crippen molar-refractivity contribution in [2.75, 3.05) is 14.2 Å². The molecule has 7 unspecified atom stereocenters. The maximum absolute atomic E-state index is 11.7. The van der Waals surface area contributed by atoms with Crippen molar-refractivity contribution >= 4 is 5.97 Å². The fourth-order valence-electron chi connectivity index (χ4n) is 7.44. The first-order valence-electron chi connectivity index (χ1n) is 11.2. The molecule has 4 rings (SSSR count). The van der Waals surface area contributed by atoms with Crippen LogP contribution in [0.5, 0.6) is 0 Å². The van der Waals surface area contributed by atoms with Crippen molar-refractivity contribution in [1.29, 1.82) is 0 Å². The third kappa shape index (κ3) is 3.08. The highest BCUT2D eigenvalue weighted by Crippen LogP contribution is 2.67. The molecule has 2 heterocycles. The molecule has 7 atom stereocenters. The summed E-state index contributed by atoms with van der Waals surface area (Å²) in [4.78, 5) is 11.7. The molecule has 29 heavy (non-hydrogen) atoms. The van der Waals surface area contributed by atoms with Gasteiger partial charge in [0.1, 0.15) is 11.7 Å². The highest BCUT2D eigenvalue weighted by Gasteiger charge is 2.69. The van der Waals surface area contributed by atoms with Crippen LogP contribution in [0.3, 0.4) is 0 Å². The van der Waals surface area contributed by atoms with Gasteiger partial charge < -0.3 is 23.7 Å². The number of rotatable bonds is 3. The van der Waals surface area contributed by atoms with E-state index in [4.69, 9.17) is 23.7 Å². The van der Waals surface area contributed by atoms with Gasteiger partial charge in [-0.2, -0.15) is 0 Å². The van der Waals surface area contributed by atoms with Crippen molar-refractivity contribution in [3.63, 3.8) is 0 Å². The Morgan fingerprint density at radius 2 is 1.76 bits per heavy atom. The van der Waals surface area contributed by atoms with E-state index in [1.54, 1.807) is 14.2 Å². The Labute approximate surface area is 174 Å². The number of hydrogen-bond acceptors (Lipinski definition) is 6. The molecule has 2 spiro atoms. The molecule has 2 saturated heterocycles. The number of carbonyl (C=O) groups excluding carboxylic acids is 1. The molecule has 0 bridgehead atoms. The highest BCUT2D eigenvalue weighted by atomic mass is 16.8. The van der Waals surface area contributed by atoms with Gasteiger partial charge in [-0.3, -0.25) is 4.79 Å². The largest absolute Gasteiger partial charge is 0.462 e. The van der Waals surface area contributed by atoms with Crippen LogP contribution in [0.15, 0.2) is 0 Å². The molecule has 166 valence electrons. The lowest BCUT2D eigenvalue weighted by molar-refractivity contribution is -0.276. The van der Waals surface area contributed by atoms with E-state index in [1.165, 1.54) is 6.92 Å². The standard InChI is InChI=1S/C23H38O6/c1-15(24)27-17-9-11-21(4)16(20(17,2)3)8-7-10-23(21)13-12-22(29-23)14-18(25-5)28-19(22)26-6/h16-19H,7-14H2,1-6H3. The van der Waals surface area contributed by atoms with Crippen molar-refractivity contribution in [1.82, 2.24) is 0 Å². The Morgan fingerprint density at radius 1 is 1.00 bits per heavy atom. The predicted octanol–water partition coefficient (Wildman–Crippen LogP) is 4.20. The number of esters is 1. The maximum atomic E-state index is 11.7. The quantitative estimate of drug-likeness (QED) is 0.650. The minimum Gasteiger partial charge on any atom is -0.462 e. The second kappa shape index (κ2) is 7.18. The predicted molar refractivity (Wildman–Crippen MR) is 107 cm³/mol. The van der Waals surface area contributed by atoms with Gasteiger partial charge in [-0.25, -0.2) is 0 Å². The summed E-state index contributed by atoms with van der Waals surface area (Å²) in [5, 5.41) is 0. The Balaban J connectivity index is 1.64. The maximum Gasteiger partial charge on any atom is 0.302 e. The van der Waals surface area contributed by atoms with Gasteiger partial charge in [-0.1, -0.05) is 27.2 Å². The first-order valence-corrected chi connectivity index (χ1v) is 11.2. The molecule has 0 aromatic heterocycles. The third-order valence-corrected chi connectivity index (χ3v) is 8.89. The lowest BCUT2D eigenvalue weighted by Crippen LogP contribution is -2.63. The summed E-state index contributed by atoms with van der Waals surface area (Å²) in [7, 11) is 3.37. The molecule has 2 aliphatic carbocycles. The van der Waals surface area contributed by atoms with E-state index in [0.717, 1.165) is 44.9 Å². The van der Waals surface area contributed by atoms with Crippen molar-refractivity contribution in [2.24, 2.45) is 16.7 Å². The molecule has 0 aromatic carbocycles. The minimum absolute atomic E-state index is 0.0250. The minimum atomic E-state index is -0.433. The van der Waals surface area contributed by atoms with Crippen LogP contribution in [0.2, 0.25) is 0 Å². The molecule has 4 fully saturated rings. The van der Waals surface area contributed by atoms with Crippen LogP contribution in [0.25, 0.3) is 0 Å². The Bertz CT molecular complexity index is 649. The van der Waals surface area contributed by atoms with E-state index in [9.17, 15) is 4.79 Å². The highest BCUT2D eigenvalue weighted by molar-refractivity contribution is 5.66. The van der Waals surface area contributed by atoms with Crippen molar-refractivity contribution in [3.05, 3.63) is 0 Å². The third-order valence-electron chi connectivity index (χ3n) is 8.89. The van der Waals surface area contributed by atoms with Crippen LogP contribution in [0.1, 0.15) is 79.1 Å². The van der Waals surface area contributed by atoms with Gasteiger partial charge in [0.25, 0.3) is 0 Å². The Morgan fingerprint density at radius 3 is 2.41 bits per heavy atom. The monoisotopic (exact) mass is 410 g/mol. The molecular formula is C23H38O6. The molecule has 6 nitrogen and oxygen atoms in total. The van der Waals surface area contributed by atoms with E-state index >= 15 is 0 Å². The van der Waals surface area contributed by atoms with Gasteiger partial charge in [0.2, 0.25) is 0 Å². The van der Waals surface area contributed by atoms with Crippen LogP contribution in [0, 0.1) is 16.7 Å². The molecule has 0 amide bonds. The lowest BCUT2D eigenvalue weighted by atomic mass is 9.45. The zero-order valence-corrected chi connectivity index (χ0v) is 18.9. The zero-order chi connectivity index (χ0) is 21.1. The summed E-state index contributed by atoms with van der Waals surface area (Å²) < 4.78 is 30.1. The normalized spacial score (nSPS) is 48.8. The zero-order valence-electron chi connectivity index (χ0n) is 18.9. The topological polar surface area (TPSA) is 63.2 Å². The van der Waals surface area contributed by atoms with Gasteiger partial charge in [0, 0.05) is 38.4 Å². The van der Waals surface area contributed by atoms with Gasteiger partial charge in [0.15, 0.2) is 12.6 Å². The summed E-state index contributed by atoms with van der Waals surface area (Å²) in [5.74, 6) is 0.267. The summed E-state index contributed by atoms with van der Waals surface area (Å²) in [6.07, 6.45) is 7.25. The molecule has 0 N–H and O–H groups in total. The van der Waals surface area contributed by atoms with Crippen LogP contribution >= 0.6 is 0 Å². The number of fused-ring (bicyclic) bond motifs is 2. The first-order chi connectivity index (χ1) is 13.6. The summed E-state index contributed by atoms with van der Waals surface area (Å²) in [6, 6.07) is 0. The van der Waals surface area contributed by atoms with Gasteiger partial charge in [0.05, 0.1) is 5.60 Å². The molecule has 4 aliphatic rings. The van der Waals surface area contributed by atoms with Gasteiger partial charge in [-0.05, 0) is 44.4 Å². The first kappa shape index (κ1) is 21.5. The van der Waals surface area contributed by atoms with E-state index in [2.05, 4.69) is 20.8 Å². The smallest absolute Gasteiger partial charge is 0.302 e. The van der Waals surface area contributed by atoms with Gasteiger partial charge in [-0.15, -0.1) is 0 Å².